The number of hydrogen-bond acceptors (Lipinski definition) is 5. The number of hydrogen-bond donors (Lipinski definition) is 2. The number of benzene rings is 1. The zero-order chi connectivity index (χ0) is 21.5. The van der Waals surface area contributed by atoms with Crippen molar-refractivity contribution in [3.8, 4) is 11.4 Å². The van der Waals surface area contributed by atoms with E-state index in [1.807, 2.05) is 31.3 Å². The van der Waals surface area contributed by atoms with Crippen LogP contribution in [0.2, 0.25) is 5.02 Å². The topological polar surface area (TPSA) is 78.6 Å². The zero-order valence-corrected chi connectivity index (χ0v) is 21.8. The van der Waals surface area contributed by atoms with Crippen LogP contribution in [0.1, 0.15) is 50.8 Å². The average molecular weight is 573 g/mol. The molecule has 4 rings (SSSR count). The first-order valence-electron chi connectivity index (χ1n) is 11.5. The van der Waals surface area contributed by atoms with Crippen molar-refractivity contribution >= 4 is 41.5 Å². The molecule has 9 heteroatoms. The molecular weight excluding hydrogens is 539 g/mol. The molecule has 1 aromatic carbocycles. The van der Waals surface area contributed by atoms with E-state index in [0.717, 1.165) is 17.6 Å². The monoisotopic (exact) mass is 572 g/mol. The van der Waals surface area contributed by atoms with E-state index in [1.54, 1.807) is 0 Å². The molecule has 0 spiro atoms. The van der Waals surface area contributed by atoms with Crippen molar-refractivity contribution in [1.82, 2.24) is 25.7 Å². The van der Waals surface area contributed by atoms with Gasteiger partial charge in [0.1, 0.15) is 0 Å². The van der Waals surface area contributed by atoms with Crippen LogP contribution < -0.4 is 10.6 Å². The molecule has 7 nitrogen and oxygen atoms in total. The van der Waals surface area contributed by atoms with Crippen LogP contribution >= 0.6 is 35.6 Å². The molecule has 0 atom stereocenters. The third kappa shape index (κ3) is 7.05. The molecule has 176 valence electrons. The first kappa shape index (κ1) is 25.2. The lowest BCUT2D eigenvalue weighted by atomic mass is 9.92. The number of likely N-dealkylation sites (tertiary alicyclic amines) is 1. The van der Waals surface area contributed by atoms with Gasteiger partial charge in [-0.15, -0.1) is 24.0 Å². The van der Waals surface area contributed by atoms with E-state index in [0.29, 0.717) is 35.7 Å². The summed E-state index contributed by atoms with van der Waals surface area (Å²) in [6.45, 7) is 3.06. The predicted octanol–water partition coefficient (Wildman–Crippen LogP) is 4.51. The van der Waals surface area contributed by atoms with Crippen LogP contribution in [0, 0.1) is 0 Å². The van der Waals surface area contributed by atoms with Crippen molar-refractivity contribution in [2.45, 2.75) is 63.5 Å². The molecule has 2 aromatic rings. The van der Waals surface area contributed by atoms with E-state index in [1.165, 1.54) is 58.0 Å². The molecule has 1 aliphatic heterocycles. The van der Waals surface area contributed by atoms with E-state index >= 15 is 0 Å². The van der Waals surface area contributed by atoms with Crippen molar-refractivity contribution in [3.63, 3.8) is 0 Å². The molecule has 1 saturated heterocycles. The second kappa shape index (κ2) is 12.7. The average Bonchev–Trinajstić information content (AvgIpc) is 3.29. The lowest BCUT2D eigenvalue weighted by molar-refractivity contribution is 0.119. The Kier molecular flexibility index (Phi) is 10.1. The molecule has 1 aliphatic carbocycles. The molecule has 2 N–H and O–H groups in total. The first-order valence-corrected chi connectivity index (χ1v) is 11.9. The molecule has 1 aromatic heterocycles. The summed E-state index contributed by atoms with van der Waals surface area (Å²) in [7, 11) is 1.82. The maximum atomic E-state index is 5.94. The van der Waals surface area contributed by atoms with Gasteiger partial charge in [-0.3, -0.25) is 4.99 Å². The number of guanidine groups is 1. The summed E-state index contributed by atoms with van der Waals surface area (Å²) in [5, 5.41) is 11.7. The summed E-state index contributed by atoms with van der Waals surface area (Å²) < 4.78 is 5.38. The van der Waals surface area contributed by atoms with Crippen LogP contribution in [0.3, 0.4) is 0 Å². The molecule has 2 aliphatic rings. The van der Waals surface area contributed by atoms with Crippen LogP contribution in [0.4, 0.5) is 0 Å². The fourth-order valence-electron chi connectivity index (χ4n) is 4.60. The maximum Gasteiger partial charge on any atom is 0.228 e. The van der Waals surface area contributed by atoms with Gasteiger partial charge in [-0.2, -0.15) is 4.98 Å². The maximum absolute atomic E-state index is 5.94. The van der Waals surface area contributed by atoms with Gasteiger partial charge in [0.15, 0.2) is 5.96 Å². The molecule has 2 fully saturated rings. The Morgan fingerprint density at radius 1 is 1.12 bits per heavy atom. The highest BCUT2D eigenvalue weighted by Crippen LogP contribution is 2.25. The number of aliphatic imine (C=N–C) groups is 1. The number of piperidine rings is 1. The van der Waals surface area contributed by atoms with Crippen LogP contribution in [0.15, 0.2) is 33.8 Å². The fraction of sp³-hybridized carbons (Fsp3) is 0.609. The van der Waals surface area contributed by atoms with Crippen molar-refractivity contribution in [2.24, 2.45) is 4.99 Å². The Morgan fingerprint density at radius 2 is 1.84 bits per heavy atom. The van der Waals surface area contributed by atoms with Crippen molar-refractivity contribution in [2.75, 3.05) is 26.7 Å². The van der Waals surface area contributed by atoms with Crippen molar-refractivity contribution in [3.05, 3.63) is 35.2 Å². The standard InChI is InChI=1S/C23H33ClN6O.HI/c1-25-23(27-19-12-15-30(16-13-19)20-5-3-2-4-6-20)26-14-11-21-28-22(29-31-21)17-7-9-18(24)10-8-17;/h7-10,19-20H,2-6,11-16H2,1H3,(H2,25,26,27);1H. The van der Waals surface area contributed by atoms with E-state index in [-0.39, 0.29) is 24.0 Å². The van der Waals surface area contributed by atoms with E-state index in [2.05, 4.69) is 30.7 Å². The molecular formula is C23H34ClIN6O. The van der Waals surface area contributed by atoms with Crippen LogP contribution in [-0.2, 0) is 6.42 Å². The van der Waals surface area contributed by atoms with Gasteiger partial charge in [0, 0.05) is 55.8 Å². The zero-order valence-electron chi connectivity index (χ0n) is 18.7. The summed E-state index contributed by atoms with van der Waals surface area (Å²) in [6.07, 6.45) is 9.98. The summed E-state index contributed by atoms with van der Waals surface area (Å²) in [4.78, 5) is 11.6. The van der Waals surface area contributed by atoms with E-state index in [9.17, 15) is 0 Å². The lowest BCUT2D eigenvalue weighted by Crippen LogP contribution is -2.51. The highest BCUT2D eigenvalue weighted by Gasteiger charge is 2.26. The SMILES string of the molecule is CN=C(NCCc1nc(-c2ccc(Cl)cc2)no1)NC1CCN(C2CCCCC2)CC1.I. The minimum atomic E-state index is 0. The Hall–Kier alpha value is -1.39. The number of rotatable bonds is 6. The molecule has 0 bridgehead atoms. The molecule has 1 saturated carbocycles. The van der Waals surface area contributed by atoms with Gasteiger partial charge >= 0.3 is 0 Å². The summed E-state index contributed by atoms with van der Waals surface area (Å²) >= 11 is 5.94. The molecule has 0 radical (unpaired) electrons. The van der Waals surface area contributed by atoms with Gasteiger partial charge in [0.05, 0.1) is 0 Å². The molecule has 0 unspecified atom stereocenters. The minimum absolute atomic E-state index is 0. The summed E-state index contributed by atoms with van der Waals surface area (Å²) in [6, 6.07) is 8.72. The third-order valence-electron chi connectivity index (χ3n) is 6.39. The van der Waals surface area contributed by atoms with Crippen molar-refractivity contribution in [1.29, 1.82) is 0 Å². The highest BCUT2D eigenvalue weighted by atomic mass is 127. The highest BCUT2D eigenvalue weighted by molar-refractivity contribution is 14.0. The Bertz CT molecular complexity index is 844. The normalized spacial score (nSPS) is 18.9. The fourth-order valence-corrected chi connectivity index (χ4v) is 4.73. The van der Waals surface area contributed by atoms with E-state index in [4.69, 9.17) is 16.1 Å². The van der Waals surface area contributed by atoms with Gasteiger partial charge < -0.3 is 20.1 Å². The number of nitrogens with zero attached hydrogens (tertiary/aromatic N) is 4. The summed E-state index contributed by atoms with van der Waals surface area (Å²) in [5.41, 5.74) is 0.893. The largest absolute Gasteiger partial charge is 0.356 e. The molecule has 32 heavy (non-hydrogen) atoms. The van der Waals surface area contributed by atoms with Crippen molar-refractivity contribution < 1.29 is 4.52 Å². The minimum Gasteiger partial charge on any atom is -0.356 e. The summed E-state index contributed by atoms with van der Waals surface area (Å²) in [5.74, 6) is 2.03. The third-order valence-corrected chi connectivity index (χ3v) is 6.64. The van der Waals surface area contributed by atoms with Gasteiger partial charge in [-0.05, 0) is 49.9 Å². The van der Waals surface area contributed by atoms with E-state index < -0.39 is 0 Å². The van der Waals surface area contributed by atoms with Gasteiger partial charge in [-0.25, -0.2) is 0 Å². The Morgan fingerprint density at radius 3 is 2.53 bits per heavy atom. The smallest absolute Gasteiger partial charge is 0.228 e. The van der Waals surface area contributed by atoms with Crippen LogP contribution in [-0.4, -0.2) is 59.8 Å². The van der Waals surface area contributed by atoms with Gasteiger partial charge in [0.25, 0.3) is 0 Å². The quantitative estimate of drug-likeness (QED) is 0.301. The Balaban J connectivity index is 0.00000289. The second-order valence-electron chi connectivity index (χ2n) is 8.51. The first-order chi connectivity index (χ1) is 15.2. The van der Waals surface area contributed by atoms with Gasteiger partial charge in [-0.1, -0.05) is 36.0 Å². The lowest BCUT2D eigenvalue weighted by Gasteiger charge is -2.39. The van der Waals surface area contributed by atoms with Gasteiger partial charge in [0.2, 0.25) is 11.7 Å². The number of halogens is 2. The second-order valence-corrected chi connectivity index (χ2v) is 8.95. The Labute approximate surface area is 212 Å². The van der Waals surface area contributed by atoms with Crippen LogP contribution in [0.25, 0.3) is 11.4 Å². The van der Waals surface area contributed by atoms with Crippen LogP contribution in [0.5, 0.6) is 0 Å². The molecule has 2 heterocycles. The predicted molar refractivity (Wildman–Crippen MR) is 140 cm³/mol. The number of aromatic nitrogens is 2. The molecule has 0 amide bonds. The number of nitrogens with one attached hydrogen (secondary N) is 2.